The van der Waals surface area contributed by atoms with Crippen molar-refractivity contribution in [2.24, 2.45) is 17.3 Å². The molecule has 4 aliphatic rings. The molecular formula is C16H26N2O. The minimum atomic E-state index is -0.126. The number of amides is 1. The van der Waals surface area contributed by atoms with Crippen LogP contribution in [0.25, 0.3) is 0 Å². The highest BCUT2D eigenvalue weighted by molar-refractivity contribution is 5.91. The van der Waals surface area contributed by atoms with Gasteiger partial charge < -0.3 is 4.90 Å². The molecule has 106 valence electrons. The Morgan fingerprint density at radius 1 is 1.26 bits per heavy atom. The topological polar surface area (TPSA) is 32.3 Å². The number of hydrogen-bond acceptors (Lipinski definition) is 2. The zero-order valence-corrected chi connectivity index (χ0v) is 12.2. The van der Waals surface area contributed by atoms with E-state index in [2.05, 4.69) is 24.1 Å². The molecule has 0 aromatic heterocycles. The summed E-state index contributed by atoms with van der Waals surface area (Å²) in [4.78, 5) is 14.9. The molecule has 3 nitrogen and oxygen atoms in total. The Bertz CT molecular complexity index is 405. The largest absolute Gasteiger partial charge is 0.325 e. The number of carbonyl (C=O) groups excluding carboxylic acids is 1. The third-order valence-corrected chi connectivity index (χ3v) is 5.75. The second-order valence-electron chi connectivity index (χ2n) is 7.94. The van der Waals surface area contributed by atoms with Gasteiger partial charge in [-0.3, -0.25) is 10.1 Å². The van der Waals surface area contributed by atoms with E-state index in [-0.39, 0.29) is 5.54 Å². The molecule has 3 heteroatoms. The highest BCUT2D eigenvalue weighted by Crippen LogP contribution is 2.62. The Morgan fingerprint density at radius 2 is 1.95 bits per heavy atom. The zero-order valence-electron chi connectivity index (χ0n) is 12.2. The van der Waals surface area contributed by atoms with Crippen LogP contribution in [-0.4, -0.2) is 29.1 Å². The van der Waals surface area contributed by atoms with Crippen LogP contribution in [0.4, 0.5) is 0 Å². The van der Waals surface area contributed by atoms with Gasteiger partial charge in [0.05, 0.1) is 11.7 Å². The lowest BCUT2D eigenvalue weighted by atomic mass is 9.99. The maximum Gasteiger partial charge on any atom is 0.244 e. The van der Waals surface area contributed by atoms with Crippen LogP contribution in [0.1, 0.15) is 58.8 Å². The number of nitrogens with zero attached hydrogens (tertiary/aromatic N) is 1. The van der Waals surface area contributed by atoms with E-state index in [9.17, 15) is 4.79 Å². The van der Waals surface area contributed by atoms with E-state index in [4.69, 9.17) is 0 Å². The molecule has 4 rings (SSSR count). The first-order valence-corrected chi connectivity index (χ1v) is 8.13. The molecule has 0 aromatic rings. The molecule has 3 saturated carbocycles. The van der Waals surface area contributed by atoms with Gasteiger partial charge in [-0.05, 0) is 62.2 Å². The Kier molecular flexibility index (Phi) is 2.41. The van der Waals surface area contributed by atoms with Crippen molar-refractivity contribution in [2.45, 2.75) is 70.5 Å². The van der Waals surface area contributed by atoms with E-state index < -0.39 is 0 Å². The minimum Gasteiger partial charge on any atom is -0.325 e. The molecule has 1 atom stereocenters. The molecular weight excluding hydrogens is 236 g/mol. The lowest BCUT2D eigenvalue weighted by Crippen LogP contribution is -2.42. The third-order valence-electron chi connectivity index (χ3n) is 5.75. The fourth-order valence-electron chi connectivity index (χ4n) is 4.06. The Balaban J connectivity index is 1.51. The van der Waals surface area contributed by atoms with Gasteiger partial charge >= 0.3 is 0 Å². The van der Waals surface area contributed by atoms with Crippen LogP contribution < -0.4 is 5.32 Å². The van der Waals surface area contributed by atoms with E-state index in [0.717, 1.165) is 31.7 Å². The standard InChI is InChI=1S/C16H26N2O/c1-11(2)9-13-17-16(7-8-16)14(19)18(13)10-15(5-6-15)12-3-4-12/h11-13,17H,3-10H2,1-2H3. The van der Waals surface area contributed by atoms with E-state index in [1.807, 2.05) is 0 Å². The molecule has 1 unspecified atom stereocenters. The first-order chi connectivity index (χ1) is 9.05. The van der Waals surface area contributed by atoms with E-state index in [0.29, 0.717) is 23.4 Å². The average molecular weight is 262 g/mol. The molecule has 1 heterocycles. The first-order valence-electron chi connectivity index (χ1n) is 8.13. The maximum absolute atomic E-state index is 12.7. The SMILES string of the molecule is CC(C)CC1NC2(CC2)C(=O)N1CC1(C2CC2)CC1. The second kappa shape index (κ2) is 3.75. The van der Waals surface area contributed by atoms with E-state index in [1.165, 1.54) is 25.7 Å². The molecule has 3 aliphatic carbocycles. The van der Waals surface area contributed by atoms with Crippen molar-refractivity contribution in [2.75, 3.05) is 6.54 Å². The summed E-state index contributed by atoms with van der Waals surface area (Å²) < 4.78 is 0. The van der Waals surface area contributed by atoms with Gasteiger partial charge in [0, 0.05) is 6.54 Å². The number of carbonyl (C=O) groups is 1. The van der Waals surface area contributed by atoms with Crippen LogP contribution in [0.3, 0.4) is 0 Å². The molecule has 1 aliphatic heterocycles. The van der Waals surface area contributed by atoms with Gasteiger partial charge in [0.2, 0.25) is 5.91 Å². The van der Waals surface area contributed by atoms with Gasteiger partial charge in [0.1, 0.15) is 0 Å². The summed E-state index contributed by atoms with van der Waals surface area (Å²) in [5.41, 5.74) is 0.409. The quantitative estimate of drug-likeness (QED) is 0.825. The lowest BCUT2D eigenvalue weighted by molar-refractivity contribution is -0.131. The molecule has 0 aromatic carbocycles. The predicted molar refractivity (Wildman–Crippen MR) is 74.4 cm³/mol. The molecule has 1 saturated heterocycles. The van der Waals surface area contributed by atoms with Crippen LogP contribution in [0, 0.1) is 17.3 Å². The summed E-state index contributed by atoms with van der Waals surface area (Å²) in [7, 11) is 0. The van der Waals surface area contributed by atoms with Crippen molar-refractivity contribution in [3.63, 3.8) is 0 Å². The summed E-state index contributed by atoms with van der Waals surface area (Å²) in [5, 5.41) is 3.66. The van der Waals surface area contributed by atoms with Gasteiger partial charge in [0.15, 0.2) is 0 Å². The summed E-state index contributed by atoms with van der Waals surface area (Å²) in [6.07, 6.45) is 9.09. The lowest BCUT2D eigenvalue weighted by Gasteiger charge is -2.29. The van der Waals surface area contributed by atoms with Crippen molar-refractivity contribution in [1.29, 1.82) is 0 Å². The summed E-state index contributed by atoms with van der Waals surface area (Å²) >= 11 is 0. The van der Waals surface area contributed by atoms with Crippen molar-refractivity contribution >= 4 is 5.91 Å². The van der Waals surface area contributed by atoms with E-state index >= 15 is 0 Å². The van der Waals surface area contributed by atoms with Crippen molar-refractivity contribution < 1.29 is 4.79 Å². The zero-order chi connectivity index (χ0) is 13.3. The predicted octanol–water partition coefficient (Wildman–Crippen LogP) is 2.51. The average Bonchev–Trinajstić information content (AvgIpc) is 3.22. The Labute approximate surface area is 116 Å². The van der Waals surface area contributed by atoms with Crippen LogP contribution >= 0.6 is 0 Å². The van der Waals surface area contributed by atoms with Gasteiger partial charge in [-0.25, -0.2) is 0 Å². The van der Waals surface area contributed by atoms with Crippen molar-refractivity contribution in [1.82, 2.24) is 10.2 Å². The second-order valence-corrected chi connectivity index (χ2v) is 7.94. The normalized spacial score (nSPS) is 34.4. The monoisotopic (exact) mass is 262 g/mol. The van der Waals surface area contributed by atoms with Crippen molar-refractivity contribution in [3.05, 3.63) is 0 Å². The maximum atomic E-state index is 12.7. The summed E-state index contributed by atoms with van der Waals surface area (Å²) in [6, 6.07) is 0. The number of hydrogen-bond donors (Lipinski definition) is 1. The van der Waals surface area contributed by atoms with Crippen LogP contribution in [0.5, 0.6) is 0 Å². The first kappa shape index (κ1) is 12.2. The molecule has 0 bridgehead atoms. The number of rotatable bonds is 5. The summed E-state index contributed by atoms with van der Waals surface area (Å²) in [6.45, 7) is 5.56. The summed E-state index contributed by atoms with van der Waals surface area (Å²) in [5.74, 6) is 2.01. The van der Waals surface area contributed by atoms with Crippen LogP contribution in [-0.2, 0) is 4.79 Å². The van der Waals surface area contributed by atoms with Crippen LogP contribution in [0.2, 0.25) is 0 Å². The Morgan fingerprint density at radius 3 is 2.42 bits per heavy atom. The fraction of sp³-hybridized carbons (Fsp3) is 0.938. The smallest absolute Gasteiger partial charge is 0.244 e. The minimum absolute atomic E-state index is 0.126. The Hall–Kier alpha value is -0.570. The highest BCUT2D eigenvalue weighted by Gasteiger charge is 2.62. The third kappa shape index (κ3) is 1.93. The van der Waals surface area contributed by atoms with Gasteiger partial charge in [0.25, 0.3) is 0 Å². The molecule has 1 amide bonds. The highest BCUT2D eigenvalue weighted by atomic mass is 16.2. The number of nitrogens with one attached hydrogen (secondary N) is 1. The van der Waals surface area contributed by atoms with Gasteiger partial charge in [-0.15, -0.1) is 0 Å². The van der Waals surface area contributed by atoms with Crippen LogP contribution in [0.15, 0.2) is 0 Å². The molecule has 1 N–H and O–H groups in total. The van der Waals surface area contributed by atoms with Gasteiger partial charge in [-0.1, -0.05) is 13.8 Å². The molecule has 1 spiro atoms. The molecule has 4 fully saturated rings. The van der Waals surface area contributed by atoms with E-state index in [1.54, 1.807) is 0 Å². The molecule has 19 heavy (non-hydrogen) atoms. The van der Waals surface area contributed by atoms with Crippen molar-refractivity contribution in [3.8, 4) is 0 Å². The van der Waals surface area contributed by atoms with Gasteiger partial charge in [-0.2, -0.15) is 0 Å². The molecule has 0 radical (unpaired) electrons. The fourth-order valence-corrected chi connectivity index (χ4v) is 4.06.